The van der Waals surface area contributed by atoms with Crippen LogP contribution < -0.4 is 10.6 Å². The summed E-state index contributed by atoms with van der Waals surface area (Å²) in [6.45, 7) is 8.48. The molecule has 1 aromatic carbocycles. The van der Waals surface area contributed by atoms with E-state index >= 15 is 0 Å². The maximum atomic E-state index is 12.9. The van der Waals surface area contributed by atoms with E-state index in [-0.39, 0.29) is 23.3 Å². The number of rotatable bonds is 5. The molecule has 0 bridgehead atoms. The molecular formula is C21H24N4O2. The van der Waals surface area contributed by atoms with E-state index in [0.717, 1.165) is 16.8 Å². The van der Waals surface area contributed by atoms with E-state index in [2.05, 4.69) is 15.6 Å². The third-order valence-electron chi connectivity index (χ3n) is 4.36. The molecule has 2 aromatic heterocycles. The molecule has 0 aliphatic heterocycles. The molecule has 0 aliphatic rings. The second kappa shape index (κ2) is 7.61. The minimum Gasteiger partial charge on any atom is -0.350 e. The summed E-state index contributed by atoms with van der Waals surface area (Å²) in [6, 6.07) is 11.2. The molecule has 0 fully saturated rings. The highest BCUT2D eigenvalue weighted by molar-refractivity contribution is 6.06. The number of aromatic nitrogens is 2. The van der Waals surface area contributed by atoms with Crippen LogP contribution in [0.2, 0.25) is 0 Å². The van der Waals surface area contributed by atoms with Crippen molar-refractivity contribution in [2.24, 2.45) is 5.92 Å². The molecule has 0 spiro atoms. The van der Waals surface area contributed by atoms with Gasteiger partial charge in [-0.2, -0.15) is 0 Å². The summed E-state index contributed by atoms with van der Waals surface area (Å²) in [7, 11) is 0. The molecule has 0 radical (unpaired) electrons. The first kappa shape index (κ1) is 18.6. The van der Waals surface area contributed by atoms with Gasteiger partial charge in [-0.1, -0.05) is 38.1 Å². The molecular weight excluding hydrogens is 340 g/mol. The van der Waals surface area contributed by atoms with Crippen molar-refractivity contribution in [3.8, 4) is 0 Å². The fourth-order valence-corrected chi connectivity index (χ4v) is 2.93. The summed E-state index contributed by atoms with van der Waals surface area (Å²) in [6.07, 6.45) is 1.74. The van der Waals surface area contributed by atoms with E-state index in [9.17, 15) is 9.59 Å². The minimum absolute atomic E-state index is 0.183. The van der Waals surface area contributed by atoms with Gasteiger partial charge < -0.3 is 10.6 Å². The molecule has 0 saturated heterocycles. The van der Waals surface area contributed by atoms with Crippen molar-refractivity contribution in [1.29, 1.82) is 0 Å². The molecule has 0 unspecified atom stereocenters. The van der Waals surface area contributed by atoms with Gasteiger partial charge in [0.1, 0.15) is 0 Å². The molecule has 0 atom stereocenters. The number of benzene rings is 1. The number of carbonyl (C=O) groups is 2. The normalized spacial score (nSPS) is 11.0. The summed E-state index contributed by atoms with van der Waals surface area (Å²) in [5.74, 6) is -0.118. The van der Waals surface area contributed by atoms with E-state index in [1.807, 2.05) is 52.0 Å². The van der Waals surface area contributed by atoms with Crippen LogP contribution in [0.15, 0.2) is 42.6 Å². The van der Waals surface area contributed by atoms with Gasteiger partial charge in [0, 0.05) is 18.4 Å². The van der Waals surface area contributed by atoms with Crippen molar-refractivity contribution in [2.75, 3.05) is 11.9 Å². The topological polar surface area (TPSA) is 75.5 Å². The van der Waals surface area contributed by atoms with E-state index in [0.29, 0.717) is 18.0 Å². The maximum Gasteiger partial charge on any atom is 0.292 e. The van der Waals surface area contributed by atoms with Crippen molar-refractivity contribution < 1.29 is 9.59 Å². The first-order chi connectivity index (χ1) is 12.9. The van der Waals surface area contributed by atoms with Gasteiger partial charge in [0.15, 0.2) is 5.69 Å². The summed E-state index contributed by atoms with van der Waals surface area (Å²) in [4.78, 5) is 29.8. The Labute approximate surface area is 158 Å². The predicted molar refractivity (Wildman–Crippen MR) is 106 cm³/mol. The molecule has 2 N–H and O–H groups in total. The number of hydrogen-bond acceptors (Lipinski definition) is 3. The molecule has 0 saturated carbocycles. The molecule has 3 rings (SSSR count). The van der Waals surface area contributed by atoms with E-state index < -0.39 is 0 Å². The van der Waals surface area contributed by atoms with Gasteiger partial charge in [0.2, 0.25) is 5.82 Å². The van der Waals surface area contributed by atoms with Crippen molar-refractivity contribution >= 4 is 23.0 Å². The van der Waals surface area contributed by atoms with Crippen molar-refractivity contribution in [3.63, 3.8) is 0 Å². The van der Waals surface area contributed by atoms with Gasteiger partial charge in [0.25, 0.3) is 11.8 Å². The Balaban J connectivity index is 1.97. The van der Waals surface area contributed by atoms with Crippen molar-refractivity contribution in [2.45, 2.75) is 27.7 Å². The fraction of sp³-hybridized carbons (Fsp3) is 0.286. The van der Waals surface area contributed by atoms with Gasteiger partial charge >= 0.3 is 0 Å². The number of pyridine rings is 1. The molecule has 3 aromatic rings. The first-order valence-corrected chi connectivity index (χ1v) is 9.01. The van der Waals surface area contributed by atoms with Crippen LogP contribution in [0.5, 0.6) is 0 Å². The Morgan fingerprint density at radius 3 is 2.41 bits per heavy atom. The lowest BCUT2D eigenvalue weighted by Crippen LogP contribution is -2.27. The molecule has 0 aliphatic carbocycles. The van der Waals surface area contributed by atoms with Crippen LogP contribution >= 0.6 is 0 Å². The Bertz CT molecular complexity index is 984. The van der Waals surface area contributed by atoms with Crippen LogP contribution in [-0.2, 0) is 0 Å². The molecule has 27 heavy (non-hydrogen) atoms. The number of fused-ring (bicyclic) bond motifs is 1. The average molecular weight is 364 g/mol. The van der Waals surface area contributed by atoms with Crippen LogP contribution in [0.3, 0.4) is 0 Å². The van der Waals surface area contributed by atoms with Crippen LogP contribution in [0.25, 0.3) is 5.52 Å². The summed E-state index contributed by atoms with van der Waals surface area (Å²) >= 11 is 0. The number of carbonyl (C=O) groups excluding carboxylic acids is 2. The number of imidazole rings is 1. The fourth-order valence-electron chi connectivity index (χ4n) is 2.93. The van der Waals surface area contributed by atoms with Gasteiger partial charge in [-0.25, -0.2) is 4.98 Å². The SMILES string of the molecule is Cc1cccc(C)c1NC(=O)c1nc(C(=O)NCC(C)C)c2ccccn12. The highest BCUT2D eigenvalue weighted by Crippen LogP contribution is 2.21. The molecule has 140 valence electrons. The quantitative estimate of drug-likeness (QED) is 0.726. The minimum atomic E-state index is -0.350. The van der Waals surface area contributed by atoms with E-state index in [4.69, 9.17) is 0 Å². The second-order valence-corrected chi connectivity index (χ2v) is 7.06. The van der Waals surface area contributed by atoms with E-state index in [1.165, 1.54) is 0 Å². The Morgan fingerprint density at radius 1 is 1.04 bits per heavy atom. The van der Waals surface area contributed by atoms with Crippen LogP contribution in [0, 0.1) is 19.8 Å². The highest BCUT2D eigenvalue weighted by Gasteiger charge is 2.22. The number of hydrogen-bond donors (Lipinski definition) is 2. The van der Waals surface area contributed by atoms with Crippen LogP contribution in [0.1, 0.15) is 46.1 Å². The Morgan fingerprint density at radius 2 is 1.74 bits per heavy atom. The lowest BCUT2D eigenvalue weighted by atomic mass is 10.1. The third-order valence-corrected chi connectivity index (χ3v) is 4.36. The van der Waals surface area contributed by atoms with Gasteiger partial charge in [-0.05, 0) is 43.0 Å². The standard InChI is InChI=1S/C21H24N4O2/c1-13(2)12-22-20(26)18-16-10-5-6-11-25(16)19(23-18)21(27)24-17-14(3)8-7-9-15(17)4/h5-11,13H,12H2,1-4H3,(H,22,26)(H,24,27). The highest BCUT2D eigenvalue weighted by atomic mass is 16.2. The number of nitrogens with zero attached hydrogens (tertiary/aromatic N) is 2. The molecule has 2 heterocycles. The Kier molecular flexibility index (Phi) is 5.26. The number of nitrogens with one attached hydrogen (secondary N) is 2. The summed E-state index contributed by atoms with van der Waals surface area (Å²) < 4.78 is 1.65. The van der Waals surface area contributed by atoms with E-state index in [1.54, 1.807) is 22.7 Å². The van der Waals surface area contributed by atoms with Gasteiger partial charge in [-0.15, -0.1) is 0 Å². The zero-order valence-corrected chi connectivity index (χ0v) is 16.0. The monoisotopic (exact) mass is 364 g/mol. The zero-order chi connectivity index (χ0) is 19.6. The zero-order valence-electron chi connectivity index (χ0n) is 16.0. The number of anilines is 1. The van der Waals surface area contributed by atoms with Crippen molar-refractivity contribution in [1.82, 2.24) is 14.7 Å². The van der Waals surface area contributed by atoms with Gasteiger partial charge in [-0.3, -0.25) is 14.0 Å². The number of amides is 2. The van der Waals surface area contributed by atoms with Crippen LogP contribution in [-0.4, -0.2) is 27.7 Å². The molecule has 6 heteroatoms. The first-order valence-electron chi connectivity index (χ1n) is 9.01. The lowest BCUT2D eigenvalue weighted by Gasteiger charge is -2.10. The second-order valence-electron chi connectivity index (χ2n) is 7.06. The van der Waals surface area contributed by atoms with Crippen molar-refractivity contribution in [3.05, 3.63) is 65.2 Å². The third kappa shape index (κ3) is 3.84. The average Bonchev–Trinajstić information content (AvgIpc) is 3.02. The number of aryl methyl sites for hydroxylation is 2. The smallest absolute Gasteiger partial charge is 0.292 e. The van der Waals surface area contributed by atoms with Gasteiger partial charge in [0.05, 0.1) is 5.52 Å². The Hall–Kier alpha value is -3.15. The number of para-hydroxylation sites is 1. The summed E-state index contributed by atoms with van der Waals surface area (Å²) in [5, 5.41) is 5.80. The predicted octanol–water partition coefficient (Wildman–Crippen LogP) is 3.59. The molecule has 2 amide bonds. The largest absolute Gasteiger partial charge is 0.350 e. The maximum absolute atomic E-state index is 12.9. The lowest BCUT2D eigenvalue weighted by molar-refractivity contribution is 0.0946. The van der Waals surface area contributed by atoms with Crippen LogP contribution in [0.4, 0.5) is 5.69 Å². The molecule has 6 nitrogen and oxygen atoms in total. The summed E-state index contributed by atoms with van der Waals surface area (Å²) in [5.41, 5.74) is 3.56.